The van der Waals surface area contributed by atoms with Gasteiger partial charge in [-0.05, 0) is 38.9 Å². The zero-order chi connectivity index (χ0) is 23.8. The van der Waals surface area contributed by atoms with Crippen LogP contribution in [0, 0.1) is 0 Å². The summed E-state index contributed by atoms with van der Waals surface area (Å²) in [6, 6.07) is 12.0. The molecule has 2 heterocycles. The Morgan fingerprint density at radius 2 is 1.82 bits per heavy atom. The van der Waals surface area contributed by atoms with Crippen molar-refractivity contribution in [1.82, 2.24) is 25.4 Å². The molecule has 2 aromatic heterocycles. The molecule has 4 N–H and O–H groups in total. The number of nitrogen functional groups attached to an aromatic ring is 1. The number of ether oxygens (including phenoxy) is 1. The first-order valence-electron chi connectivity index (χ1n) is 9.62. The Labute approximate surface area is 198 Å². The zero-order valence-corrected chi connectivity index (χ0v) is 19.5. The van der Waals surface area contributed by atoms with Gasteiger partial charge in [-0.3, -0.25) is 9.59 Å². The Bertz CT molecular complexity index is 1120. The number of carbonyl (C=O) groups is 2. The number of pyridine rings is 1. The highest BCUT2D eigenvalue weighted by atomic mass is 127. The normalized spacial score (nSPS) is 11.1. The van der Waals surface area contributed by atoms with Gasteiger partial charge < -0.3 is 21.1 Å². The van der Waals surface area contributed by atoms with Crippen molar-refractivity contribution in [2.45, 2.75) is 3.93 Å². The van der Waals surface area contributed by atoms with Gasteiger partial charge in [0, 0.05) is 31.5 Å². The first kappa shape index (κ1) is 24.2. The molecule has 33 heavy (non-hydrogen) atoms. The fourth-order valence-corrected chi connectivity index (χ4v) is 2.99. The first-order chi connectivity index (χ1) is 15.8. The van der Waals surface area contributed by atoms with Crippen molar-refractivity contribution < 1.29 is 23.1 Å². The van der Waals surface area contributed by atoms with Crippen LogP contribution in [-0.2, 0) is 0 Å². The number of hydrogen-bond donors (Lipinski definition) is 3. The Hall–Kier alpha value is -3.42. The second kappa shape index (κ2) is 10.9. The quantitative estimate of drug-likeness (QED) is 0.196. The summed E-state index contributed by atoms with van der Waals surface area (Å²) in [5, 5.41) is 9.43. The molecule has 0 radical (unpaired) electrons. The van der Waals surface area contributed by atoms with Crippen molar-refractivity contribution in [1.29, 1.82) is 0 Å². The van der Waals surface area contributed by atoms with Gasteiger partial charge in [0.1, 0.15) is 5.56 Å². The summed E-state index contributed by atoms with van der Waals surface area (Å²) in [6.45, 7) is -0.496. The predicted molar refractivity (Wildman–Crippen MR) is 128 cm³/mol. The lowest BCUT2D eigenvalue weighted by Crippen LogP contribution is -2.34. The highest BCUT2D eigenvalue weighted by Gasteiger charge is 2.26. The summed E-state index contributed by atoms with van der Waals surface area (Å²) in [6.07, 6.45) is 2.75. The van der Waals surface area contributed by atoms with Crippen LogP contribution >= 0.6 is 20.7 Å². The van der Waals surface area contributed by atoms with E-state index in [0.29, 0.717) is 0 Å². The number of nitrogens with two attached hydrogens (primary N) is 1. The van der Waals surface area contributed by atoms with Crippen molar-refractivity contribution in [2.24, 2.45) is 0 Å². The number of carbonyl (C=O) groups excluding carboxylic acids is 2. The smallest absolute Gasteiger partial charge is 0.324 e. The van der Waals surface area contributed by atoms with Crippen LogP contribution in [0.3, 0.4) is 0 Å². The lowest BCUT2D eigenvalue weighted by molar-refractivity contribution is 0.0624. The molecule has 0 unspecified atom stereocenters. The first-order valence-corrected chi connectivity index (χ1v) is 12.2. The number of hydrogen-bond acceptors (Lipinski definition) is 6. The van der Waals surface area contributed by atoms with E-state index >= 15 is 0 Å². The molecule has 0 bridgehead atoms. The number of benzene rings is 1. The average Bonchev–Trinajstić information content (AvgIpc) is 3.23. The molecule has 12 heteroatoms. The monoisotopic (exact) mass is 570 g/mol. The molecule has 9 nitrogen and oxygen atoms in total. The van der Waals surface area contributed by atoms with Crippen molar-refractivity contribution in [3.63, 3.8) is 0 Å². The van der Waals surface area contributed by atoms with Gasteiger partial charge >= 0.3 is 3.93 Å². The number of para-hydroxylation sites is 1. The molecule has 3 rings (SSSR count). The molecule has 0 atom stereocenters. The summed E-state index contributed by atoms with van der Waals surface area (Å²) in [5.74, 6) is -0.782. The molecule has 0 fully saturated rings. The number of nitrogens with zero attached hydrogens (tertiary/aromatic N) is 3. The minimum atomic E-state index is -2.94. The number of amides is 2. The van der Waals surface area contributed by atoms with E-state index in [-0.39, 0.29) is 35.9 Å². The van der Waals surface area contributed by atoms with Gasteiger partial charge in [0.2, 0.25) is 5.88 Å². The Morgan fingerprint density at radius 3 is 2.45 bits per heavy atom. The van der Waals surface area contributed by atoms with Gasteiger partial charge in [0.05, 0.1) is 11.3 Å². The molecule has 174 valence electrons. The number of halogens is 3. The molecule has 2 amide bonds. The lowest BCUT2D eigenvalue weighted by Gasteiger charge is -2.11. The fourth-order valence-electron chi connectivity index (χ4n) is 2.62. The number of anilines is 1. The van der Waals surface area contributed by atoms with Crippen LogP contribution in [0.25, 0.3) is 5.69 Å². The van der Waals surface area contributed by atoms with Gasteiger partial charge in [0.15, 0.2) is 12.4 Å². The van der Waals surface area contributed by atoms with Crippen LogP contribution in [0.1, 0.15) is 20.7 Å². The van der Waals surface area contributed by atoms with Crippen LogP contribution in [-0.4, -0.2) is 54.7 Å². The number of nitrogens with one attached hydrogen (secondary N) is 2. The van der Waals surface area contributed by atoms with E-state index in [4.69, 9.17) is 10.5 Å². The maximum absolute atomic E-state index is 13.2. The summed E-state index contributed by atoms with van der Waals surface area (Å²) < 4.78 is 33.2. The van der Waals surface area contributed by atoms with Crippen LogP contribution < -0.4 is 21.1 Å². The number of rotatable bonds is 10. The number of alkyl halides is 3. The van der Waals surface area contributed by atoms with Crippen LogP contribution in [0.2, 0.25) is 0 Å². The van der Waals surface area contributed by atoms with E-state index in [0.717, 1.165) is 5.69 Å². The van der Waals surface area contributed by atoms with E-state index in [1.807, 2.05) is 30.3 Å². The topological polar surface area (TPSA) is 124 Å². The van der Waals surface area contributed by atoms with Crippen molar-refractivity contribution in [3.8, 4) is 11.6 Å². The standard InChI is InChI=1S/C21H21F2IN6O3/c1-24-21(22,23)13-33-17-8-7-14(11-28-17)19(31)26-9-10-27-20(32)16-12-30(29-18(16)25)15-5-3-2-4-6-15/h2-8,11-12H,1,9-10,13H2,(H2,25,29)(H,26,31)(H,27,32). The van der Waals surface area contributed by atoms with E-state index < -0.39 is 43.1 Å². The highest BCUT2D eigenvalue weighted by Crippen LogP contribution is 2.27. The van der Waals surface area contributed by atoms with E-state index in [9.17, 15) is 18.4 Å². The second-order valence-corrected chi connectivity index (χ2v) is 8.98. The third-order valence-electron chi connectivity index (χ3n) is 4.28. The Balaban J connectivity index is 1.45. The summed E-state index contributed by atoms with van der Waals surface area (Å²) in [7, 11) is 0. The minimum absolute atomic E-state index is 0.00964. The Morgan fingerprint density at radius 1 is 1.12 bits per heavy atom. The van der Waals surface area contributed by atoms with Crippen LogP contribution in [0.4, 0.5) is 14.6 Å². The Kier molecular flexibility index (Phi) is 8.03. The van der Waals surface area contributed by atoms with E-state index in [1.165, 1.54) is 29.2 Å². The lowest BCUT2D eigenvalue weighted by atomic mass is 10.2. The molecule has 0 aliphatic carbocycles. The average molecular weight is 570 g/mol. The molecular weight excluding hydrogens is 549 g/mol. The maximum Gasteiger partial charge on any atom is 0.324 e. The largest absolute Gasteiger partial charge is 0.470 e. The third kappa shape index (κ3) is 6.78. The van der Waals surface area contributed by atoms with Gasteiger partial charge in [-0.1, -0.05) is 22.7 Å². The van der Waals surface area contributed by atoms with Crippen LogP contribution in [0.15, 0.2) is 54.9 Å². The summed E-state index contributed by atoms with van der Waals surface area (Å²) in [4.78, 5) is 28.4. The molecule has 0 saturated carbocycles. The van der Waals surface area contributed by atoms with Crippen molar-refractivity contribution >= 4 is 42.9 Å². The van der Waals surface area contributed by atoms with Gasteiger partial charge in [-0.25, -0.2) is 9.67 Å². The van der Waals surface area contributed by atoms with E-state index in [2.05, 4.69) is 25.2 Å². The molecule has 0 spiro atoms. The second-order valence-electron chi connectivity index (χ2n) is 6.64. The third-order valence-corrected chi connectivity index (χ3v) is 5.71. The van der Waals surface area contributed by atoms with Crippen molar-refractivity contribution in [3.05, 3.63) is 66.0 Å². The molecular formula is C21H21F2IN6O3. The predicted octanol–water partition coefficient (Wildman–Crippen LogP) is 2.38. The van der Waals surface area contributed by atoms with Gasteiger partial charge in [0.25, 0.3) is 11.8 Å². The van der Waals surface area contributed by atoms with Gasteiger partial charge in [-0.2, -0.15) is 8.78 Å². The molecule has 0 aliphatic rings. The van der Waals surface area contributed by atoms with E-state index in [1.54, 1.807) is 0 Å². The maximum atomic E-state index is 13.2. The highest BCUT2D eigenvalue weighted by molar-refractivity contribution is 14.2. The zero-order valence-electron chi connectivity index (χ0n) is 17.3. The fraction of sp³-hybridized carbons (Fsp3) is 0.190. The summed E-state index contributed by atoms with van der Waals surface area (Å²) in [5.41, 5.74) is 7.05. The van der Waals surface area contributed by atoms with Crippen molar-refractivity contribution in [2.75, 3.05) is 25.4 Å². The van der Waals surface area contributed by atoms with Gasteiger partial charge in [-0.15, -0.1) is 5.10 Å². The summed E-state index contributed by atoms with van der Waals surface area (Å²) >= 11 is -1.54. The SMILES string of the molecule is C=IC(F)(F)COc1ccc(C(=O)NCCNC(=O)c2cn(-c3ccccc3)nc2N)cn1. The molecule has 0 aliphatic heterocycles. The molecule has 1 aromatic carbocycles. The minimum Gasteiger partial charge on any atom is -0.470 e. The molecule has 3 aromatic rings. The van der Waals surface area contributed by atoms with Crippen LogP contribution in [0.5, 0.6) is 5.88 Å². The number of aromatic nitrogens is 3. The molecule has 0 saturated heterocycles.